The lowest BCUT2D eigenvalue weighted by atomic mass is 10.0. The van der Waals surface area contributed by atoms with Crippen molar-refractivity contribution in [2.75, 3.05) is 21.3 Å². The van der Waals surface area contributed by atoms with Crippen molar-refractivity contribution in [2.24, 2.45) is 0 Å². The van der Waals surface area contributed by atoms with Gasteiger partial charge in [-0.15, -0.1) is 0 Å². The van der Waals surface area contributed by atoms with E-state index in [0.717, 1.165) is 38.2 Å². The van der Waals surface area contributed by atoms with Crippen LogP contribution in [-0.2, 0) is 23.8 Å². The standard InChI is InChI=1S/C20H36O7/c1-25-20(26-2,27-3)15-13-11-9-7-5-4-6-8-10-12-14-17(19(23)24)16-18(21)22/h16H,4-15H2,1-3H3,(H,21,22)(H,23,24)/b17-16-. The fraction of sp³-hybridized carbons (Fsp3) is 0.800. The molecule has 0 rings (SSSR count). The Hall–Kier alpha value is -1.44. The Morgan fingerprint density at radius 2 is 1.15 bits per heavy atom. The molecule has 158 valence electrons. The number of methoxy groups -OCH3 is 3. The first kappa shape index (κ1) is 25.6. The number of aliphatic carboxylic acids is 2. The summed E-state index contributed by atoms with van der Waals surface area (Å²) in [7, 11) is 4.74. The molecule has 0 atom stereocenters. The third-order valence-electron chi connectivity index (χ3n) is 4.68. The molecule has 0 amide bonds. The maximum atomic E-state index is 10.9. The minimum absolute atomic E-state index is 0.0260. The molecule has 0 aliphatic heterocycles. The molecule has 0 heterocycles. The number of unbranched alkanes of at least 4 members (excludes halogenated alkanes) is 9. The van der Waals surface area contributed by atoms with Crippen LogP contribution in [0.4, 0.5) is 0 Å². The molecule has 0 spiro atoms. The maximum Gasteiger partial charge on any atom is 0.331 e. The van der Waals surface area contributed by atoms with Crippen LogP contribution in [0.3, 0.4) is 0 Å². The summed E-state index contributed by atoms with van der Waals surface area (Å²) in [6.07, 6.45) is 12.5. The molecule has 0 fully saturated rings. The Morgan fingerprint density at radius 1 is 0.741 bits per heavy atom. The van der Waals surface area contributed by atoms with Gasteiger partial charge in [0.25, 0.3) is 5.97 Å². The smallest absolute Gasteiger partial charge is 0.331 e. The van der Waals surface area contributed by atoms with E-state index in [0.29, 0.717) is 19.3 Å². The Kier molecular flexibility index (Phi) is 14.8. The summed E-state index contributed by atoms with van der Waals surface area (Å²) in [5, 5.41) is 17.5. The SMILES string of the molecule is COC(CCCCCCCCCCCC/C(=C/C(=O)O)C(=O)O)(OC)OC. The van der Waals surface area contributed by atoms with Gasteiger partial charge in [0.1, 0.15) is 0 Å². The van der Waals surface area contributed by atoms with E-state index in [1.807, 2.05) is 0 Å². The van der Waals surface area contributed by atoms with E-state index in [9.17, 15) is 9.59 Å². The lowest BCUT2D eigenvalue weighted by Gasteiger charge is -2.28. The van der Waals surface area contributed by atoms with Crippen LogP contribution in [0, 0.1) is 0 Å². The third-order valence-corrected chi connectivity index (χ3v) is 4.68. The average Bonchev–Trinajstić information content (AvgIpc) is 2.64. The van der Waals surface area contributed by atoms with Crippen molar-refractivity contribution in [1.82, 2.24) is 0 Å². The second kappa shape index (κ2) is 15.6. The van der Waals surface area contributed by atoms with Crippen molar-refractivity contribution in [1.29, 1.82) is 0 Å². The molecule has 7 nitrogen and oxygen atoms in total. The molecule has 7 heteroatoms. The zero-order chi connectivity index (χ0) is 20.5. The molecule has 0 unspecified atom stereocenters. The third kappa shape index (κ3) is 12.5. The summed E-state index contributed by atoms with van der Waals surface area (Å²) in [6.45, 7) is 0. The zero-order valence-electron chi connectivity index (χ0n) is 17.0. The Labute approximate surface area is 162 Å². The number of carboxylic acid groups (broad SMARTS) is 2. The van der Waals surface area contributed by atoms with E-state index in [1.54, 1.807) is 21.3 Å². The van der Waals surface area contributed by atoms with Crippen LogP contribution in [-0.4, -0.2) is 49.5 Å². The number of ether oxygens (including phenoxy) is 3. The number of rotatable bonds is 18. The highest BCUT2D eigenvalue weighted by Crippen LogP contribution is 2.21. The Balaban J connectivity index is 3.58. The summed E-state index contributed by atoms with van der Waals surface area (Å²) < 4.78 is 15.8. The molecule has 0 aliphatic carbocycles. The Morgan fingerprint density at radius 3 is 1.52 bits per heavy atom. The van der Waals surface area contributed by atoms with Gasteiger partial charge in [-0.3, -0.25) is 0 Å². The minimum atomic E-state index is -1.20. The molecular weight excluding hydrogens is 352 g/mol. The van der Waals surface area contributed by atoms with Gasteiger partial charge >= 0.3 is 11.9 Å². The van der Waals surface area contributed by atoms with Crippen LogP contribution >= 0.6 is 0 Å². The number of hydrogen-bond donors (Lipinski definition) is 2. The molecule has 27 heavy (non-hydrogen) atoms. The highest BCUT2D eigenvalue weighted by Gasteiger charge is 2.28. The number of carboxylic acids is 2. The molecule has 0 aromatic carbocycles. The zero-order valence-corrected chi connectivity index (χ0v) is 17.0. The molecular formula is C20H36O7. The van der Waals surface area contributed by atoms with Crippen LogP contribution < -0.4 is 0 Å². The van der Waals surface area contributed by atoms with Crippen molar-refractivity contribution < 1.29 is 34.0 Å². The molecule has 0 aliphatic rings. The molecule has 0 aromatic rings. The number of carbonyl (C=O) groups is 2. The van der Waals surface area contributed by atoms with Crippen LogP contribution in [0.15, 0.2) is 11.6 Å². The topological polar surface area (TPSA) is 102 Å². The van der Waals surface area contributed by atoms with Crippen LogP contribution in [0.5, 0.6) is 0 Å². The van der Waals surface area contributed by atoms with E-state index < -0.39 is 17.9 Å². The fourth-order valence-corrected chi connectivity index (χ4v) is 3.02. The predicted octanol–water partition coefficient (Wildman–Crippen LogP) is 4.36. The molecule has 0 radical (unpaired) electrons. The van der Waals surface area contributed by atoms with Gasteiger partial charge < -0.3 is 24.4 Å². The highest BCUT2D eigenvalue weighted by molar-refractivity contribution is 5.94. The van der Waals surface area contributed by atoms with Crippen molar-refractivity contribution in [3.63, 3.8) is 0 Å². The van der Waals surface area contributed by atoms with Crippen molar-refractivity contribution >= 4 is 11.9 Å². The maximum absolute atomic E-state index is 10.9. The van der Waals surface area contributed by atoms with Gasteiger partial charge in [0.15, 0.2) is 0 Å². The van der Waals surface area contributed by atoms with Gasteiger partial charge in [-0.2, -0.15) is 0 Å². The van der Waals surface area contributed by atoms with Crippen molar-refractivity contribution in [3.8, 4) is 0 Å². The lowest BCUT2D eigenvalue weighted by Crippen LogP contribution is -2.35. The number of hydrogen-bond acceptors (Lipinski definition) is 5. The predicted molar refractivity (Wildman–Crippen MR) is 103 cm³/mol. The van der Waals surface area contributed by atoms with Gasteiger partial charge in [-0.05, 0) is 19.3 Å². The van der Waals surface area contributed by atoms with Gasteiger partial charge in [0.05, 0.1) is 0 Å². The normalized spacial score (nSPS) is 12.3. The molecule has 0 saturated heterocycles. The van der Waals surface area contributed by atoms with E-state index in [-0.39, 0.29) is 5.57 Å². The van der Waals surface area contributed by atoms with E-state index >= 15 is 0 Å². The Bertz CT molecular complexity index is 433. The van der Waals surface area contributed by atoms with Gasteiger partial charge in [0, 0.05) is 39.4 Å². The summed E-state index contributed by atoms with van der Waals surface area (Å²) in [5.41, 5.74) is -0.0260. The summed E-state index contributed by atoms with van der Waals surface area (Å²) >= 11 is 0. The molecule has 0 saturated carbocycles. The van der Waals surface area contributed by atoms with Crippen molar-refractivity contribution in [3.05, 3.63) is 11.6 Å². The molecule has 2 N–H and O–H groups in total. The monoisotopic (exact) mass is 388 g/mol. The molecule has 0 bridgehead atoms. The molecule has 0 aromatic heterocycles. The second-order valence-electron chi connectivity index (χ2n) is 6.64. The first-order valence-electron chi connectivity index (χ1n) is 9.73. The van der Waals surface area contributed by atoms with E-state index in [4.69, 9.17) is 24.4 Å². The van der Waals surface area contributed by atoms with E-state index in [2.05, 4.69) is 0 Å². The first-order chi connectivity index (χ1) is 12.9. The van der Waals surface area contributed by atoms with Gasteiger partial charge in [-0.1, -0.05) is 51.4 Å². The van der Waals surface area contributed by atoms with E-state index in [1.165, 1.54) is 25.7 Å². The van der Waals surface area contributed by atoms with Crippen LogP contribution in [0.2, 0.25) is 0 Å². The largest absolute Gasteiger partial charge is 0.478 e. The fourth-order valence-electron chi connectivity index (χ4n) is 3.02. The summed E-state index contributed by atoms with van der Waals surface area (Å²) in [4.78, 5) is 21.5. The quantitative estimate of drug-likeness (QED) is 0.204. The van der Waals surface area contributed by atoms with Gasteiger partial charge in [0.2, 0.25) is 0 Å². The summed E-state index contributed by atoms with van der Waals surface area (Å²) in [6, 6.07) is 0. The average molecular weight is 389 g/mol. The highest BCUT2D eigenvalue weighted by atomic mass is 16.9. The van der Waals surface area contributed by atoms with Crippen molar-refractivity contribution in [2.45, 2.75) is 83.0 Å². The minimum Gasteiger partial charge on any atom is -0.478 e. The van der Waals surface area contributed by atoms with Crippen LogP contribution in [0.1, 0.15) is 77.0 Å². The lowest BCUT2D eigenvalue weighted by molar-refractivity contribution is -0.355. The summed E-state index contributed by atoms with van der Waals surface area (Å²) in [5.74, 6) is -3.26. The second-order valence-corrected chi connectivity index (χ2v) is 6.64. The van der Waals surface area contributed by atoms with Crippen LogP contribution in [0.25, 0.3) is 0 Å². The van der Waals surface area contributed by atoms with Gasteiger partial charge in [-0.25, -0.2) is 9.59 Å². The first-order valence-corrected chi connectivity index (χ1v) is 9.73.